The molecule has 0 aromatic carbocycles. The molecular weight excluding hydrogens is 351 g/mol. The summed E-state index contributed by atoms with van der Waals surface area (Å²) < 4.78 is 5.85. The van der Waals surface area contributed by atoms with Crippen LogP contribution in [0.25, 0.3) is 0 Å². The molecule has 0 aliphatic carbocycles. The Bertz CT molecular complexity index is 208. The molecule has 0 rings (SSSR count). The van der Waals surface area contributed by atoms with Crippen molar-refractivity contribution in [2.75, 3.05) is 12.4 Å². The Kier molecular flexibility index (Phi) is 23.1. The van der Waals surface area contributed by atoms with Crippen LogP contribution in [-0.4, -0.2) is 12.4 Å². The van der Waals surface area contributed by atoms with Gasteiger partial charge in [-0.05, 0) is 12.8 Å². The minimum atomic E-state index is -0.535. The Morgan fingerprint density at radius 3 is 1.54 bits per heavy atom. The van der Waals surface area contributed by atoms with Crippen molar-refractivity contribution in [1.29, 1.82) is 0 Å². The third kappa shape index (κ3) is 21.1. The minimum Gasteiger partial charge on any atom is -0.339 e. The van der Waals surface area contributed by atoms with Gasteiger partial charge >= 0.3 is 0 Å². The average molecular weight is 395 g/mol. The van der Waals surface area contributed by atoms with Crippen molar-refractivity contribution in [3.63, 3.8) is 0 Å². The van der Waals surface area contributed by atoms with Gasteiger partial charge in [0.05, 0.1) is 6.61 Å². The van der Waals surface area contributed by atoms with Crippen LogP contribution in [0.4, 0.5) is 0 Å². The molecule has 0 spiro atoms. The van der Waals surface area contributed by atoms with Gasteiger partial charge in [0.2, 0.25) is 0 Å². The molecule has 0 aliphatic heterocycles. The van der Waals surface area contributed by atoms with Crippen molar-refractivity contribution < 1.29 is 4.52 Å². The van der Waals surface area contributed by atoms with Gasteiger partial charge in [-0.15, -0.1) is 12.2 Å². The van der Waals surface area contributed by atoms with E-state index in [0.29, 0.717) is 0 Å². The summed E-state index contributed by atoms with van der Waals surface area (Å²) in [5.74, 6) is 1.22. The van der Waals surface area contributed by atoms with E-state index < -0.39 is 6.55 Å². The number of hydrogen-bond acceptors (Lipinski definition) is 3. The maximum atomic E-state index is 5.85. The molecule has 0 fully saturated rings. The van der Waals surface area contributed by atoms with E-state index >= 15 is 0 Å². The highest BCUT2D eigenvalue weighted by molar-refractivity contribution is 8.82. The second kappa shape index (κ2) is 22.1. The van der Waals surface area contributed by atoms with Crippen molar-refractivity contribution in [2.24, 2.45) is 0 Å². The summed E-state index contributed by atoms with van der Waals surface area (Å²) >= 11 is 6.53. The van der Waals surface area contributed by atoms with E-state index in [1.165, 1.54) is 108 Å². The average Bonchev–Trinajstić information content (AvgIpc) is 2.59. The summed E-state index contributed by atoms with van der Waals surface area (Å²) in [5.41, 5.74) is 0. The summed E-state index contributed by atoms with van der Waals surface area (Å²) in [6, 6.07) is 0. The van der Waals surface area contributed by atoms with Crippen molar-refractivity contribution >= 4 is 30.2 Å². The van der Waals surface area contributed by atoms with E-state index in [1.54, 1.807) is 0 Å². The predicted octanol–water partition coefficient (Wildman–Crippen LogP) is 9.17. The lowest BCUT2D eigenvalue weighted by Gasteiger charge is -2.11. The smallest absolute Gasteiger partial charge is 0.148 e. The summed E-state index contributed by atoms with van der Waals surface area (Å²) in [6.07, 6.45) is 22.1. The molecule has 0 saturated heterocycles. The van der Waals surface area contributed by atoms with Crippen LogP contribution in [-0.2, 0) is 4.52 Å². The Balaban J connectivity index is 3.12. The molecule has 0 aromatic rings. The van der Waals surface area contributed by atoms with Crippen LogP contribution in [0.15, 0.2) is 0 Å². The van der Waals surface area contributed by atoms with Gasteiger partial charge in [-0.1, -0.05) is 115 Å². The fourth-order valence-electron chi connectivity index (χ4n) is 2.79. The van der Waals surface area contributed by atoms with Gasteiger partial charge in [0, 0.05) is 5.75 Å². The first-order valence-electron chi connectivity index (χ1n) is 10.6. The molecule has 146 valence electrons. The number of hydrogen-bond donors (Lipinski definition) is 1. The van der Waals surface area contributed by atoms with E-state index in [1.807, 2.05) is 11.4 Å². The summed E-state index contributed by atoms with van der Waals surface area (Å²) in [4.78, 5) is 0. The van der Waals surface area contributed by atoms with Gasteiger partial charge in [-0.3, -0.25) is 0 Å². The highest BCUT2D eigenvalue weighted by Gasteiger charge is 2.04. The predicted molar refractivity (Wildman–Crippen MR) is 120 cm³/mol. The molecule has 1 unspecified atom stereocenters. The van der Waals surface area contributed by atoms with Crippen molar-refractivity contribution in [2.45, 2.75) is 117 Å². The van der Waals surface area contributed by atoms with Crippen molar-refractivity contribution in [3.05, 3.63) is 0 Å². The topological polar surface area (TPSA) is 9.23 Å². The Labute approximate surface area is 163 Å². The second-order valence-corrected chi connectivity index (χ2v) is 11.9. The van der Waals surface area contributed by atoms with Crippen LogP contribution in [0.1, 0.15) is 117 Å². The minimum absolute atomic E-state index is 0.535. The van der Waals surface area contributed by atoms with Gasteiger partial charge in [-0.2, -0.15) is 0 Å². The molecule has 0 amide bonds. The first-order valence-corrected chi connectivity index (χ1v) is 14.6. The molecule has 4 heteroatoms. The first kappa shape index (κ1) is 25.1. The Morgan fingerprint density at radius 2 is 1.04 bits per heavy atom. The fourth-order valence-corrected chi connectivity index (χ4v) is 5.93. The van der Waals surface area contributed by atoms with Crippen LogP contribution < -0.4 is 0 Å². The van der Waals surface area contributed by atoms with Crippen LogP contribution >= 0.6 is 30.2 Å². The molecule has 0 bridgehead atoms. The highest BCUT2D eigenvalue weighted by atomic mass is 33.1. The molecule has 0 N–H and O–H groups in total. The van der Waals surface area contributed by atoms with Crippen LogP contribution in [0, 0.1) is 0 Å². The van der Waals surface area contributed by atoms with Crippen molar-refractivity contribution in [1.82, 2.24) is 0 Å². The highest BCUT2D eigenvalue weighted by Crippen LogP contribution is 2.55. The van der Waals surface area contributed by atoms with Crippen LogP contribution in [0.3, 0.4) is 0 Å². The largest absolute Gasteiger partial charge is 0.339 e. The zero-order chi connectivity index (χ0) is 17.7. The Hall–Kier alpha value is 1.09. The molecule has 0 saturated carbocycles. The molecular formula is C20H43OPS2. The number of rotatable bonds is 20. The number of thiol groups is 1. The molecule has 24 heavy (non-hydrogen) atoms. The molecule has 0 aromatic heterocycles. The summed E-state index contributed by atoms with van der Waals surface area (Å²) in [7, 11) is 0. The Morgan fingerprint density at radius 1 is 0.625 bits per heavy atom. The lowest BCUT2D eigenvalue weighted by atomic mass is 10.1. The van der Waals surface area contributed by atoms with E-state index in [0.717, 1.165) is 6.61 Å². The van der Waals surface area contributed by atoms with E-state index in [9.17, 15) is 0 Å². The molecule has 0 aliphatic rings. The van der Waals surface area contributed by atoms with Crippen molar-refractivity contribution in [3.8, 4) is 0 Å². The standard InChI is InChI=1S/C20H43OPS2/c1-3-5-7-9-11-13-15-17-19-21-22(23)24-20-18-16-14-12-10-8-6-4-2/h23H,3-20H2,1-2H3. The normalized spacial score (nSPS) is 12.6. The van der Waals surface area contributed by atoms with E-state index in [4.69, 9.17) is 4.52 Å². The molecule has 1 nitrogen and oxygen atoms in total. The van der Waals surface area contributed by atoms with Crippen LogP contribution in [0.5, 0.6) is 0 Å². The van der Waals surface area contributed by atoms with Gasteiger partial charge < -0.3 is 4.52 Å². The number of unbranched alkanes of at least 4 members (excludes halogenated alkanes) is 14. The SMILES string of the molecule is CCCCCCCCCCOP(S)SCCCCCCCCCC. The van der Waals surface area contributed by atoms with Gasteiger partial charge in [-0.25, -0.2) is 0 Å². The fraction of sp³-hybridized carbons (Fsp3) is 1.00. The molecule has 1 atom stereocenters. The van der Waals surface area contributed by atoms with Gasteiger partial charge in [0.25, 0.3) is 0 Å². The maximum absolute atomic E-state index is 5.85. The quantitative estimate of drug-likeness (QED) is 0.125. The van der Waals surface area contributed by atoms with Gasteiger partial charge in [0.1, 0.15) is 6.55 Å². The first-order chi connectivity index (χ1) is 11.8. The zero-order valence-electron chi connectivity index (χ0n) is 16.4. The third-order valence-electron chi connectivity index (χ3n) is 4.40. The summed E-state index contributed by atoms with van der Waals surface area (Å²) in [5, 5.41) is 0. The lowest BCUT2D eigenvalue weighted by Crippen LogP contribution is -1.88. The lowest BCUT2D eigenvalue weighted by molar-refractivity contribution is 0.348. The molecule has 0 heterocycles. The third-order valence-corrected chi connectivity index (χ3v) is 8.41. The van der Waals surface area contributed by atoms with E-state index in [-0.39, 0.29) is 0 Å². The van der Waals surface area contributed by atoms with Crippen LogP contribution in [0.2, 0.25) is 0 Å². The monoisotopic (exact) mass is 394 g/mol. The van der Waals surface area contributed by atoms with E-state index in [2.05, 4.69) is 26.1 Å². The van der Waals surface area contributed by atoms with Gasteiger partial charge in [0.15, 0.2) is 0 Å². The molecule has 0 radical (unpaired) electrons. The summed E-state index contributed by atoms with van der Waals surface area (Å²) in [6.45, 7) is 4.94. The second-order valence-electron chi connectivity index (χ2n) is 6.85. The maximum Gasteiger partial charge on any atom is 0.148 e. The zero-order valence-corrected chi connectivity index (χ0v) is 19.0.